The Balaban J connectivity index is 1.78. The maximum atomic E-state index is 6.14. The van der Waals surface area contributed by atoms with E-state index in [1.807, 2.05) is 30.3 Å². The van der Waals surface area contributed by atoms with Crippen LogP contribution < -0.4 is 10.1 Å². The fourth-order valence-electron chi connectivity index (χ4n) is 2.83. The molecule has 0 unspecified atom stereocenters. The molecule has 3 aromatic carbocycles. The number of ether oxygens (including phenoxy) is 1. The van der Waals surface area contributed by atoms with Crippen LogP contribution in [0.5, 0.6) is 5.75 Å². The van der Waals surface area contributed by atoms with E-state index < -0.39 is 0 Å². The van der Waals surface area contributed by atoms with Gasteiger partial charge in [0, 0.05) is 27.3 Å². The zero-order valence-corrected chi connectivity index (χ0v) is 18.9. The number of benzene rings is 3. The number of aryl methyl sites for hydroxylation is 1. The average molecular weight is 510 g/mol. The Morgan fingerprint density at radius 2 is 1.70 bits per heavy atom. The fraction of sp³-hybridized carbons (Fsp3) is 0.182. The van der Waals surface area contributed by atoms with E-state index in [2.05, 4.69) is 74.4 Å². The van der Waals surface area contributed by atoms with Crippen molar-refractivity contribution in [3.05, 3.63) is 91.3 Å². The minimum atomic E-state index is 0.482. The van der Waals surface area contributed by atoms with Gasteiger partial charge in [-0.15, -0.1) is 0 Å². The SMILES string of the molecule is CCc1ccccc1NCc1cc(Br)cc(Br)c1OCc1ccc(Cl)cc1. The van der Waals surface area contributed by atoms with Crippen LogP contribution >= 0.6 is 43.5 Å². The van der Waals surface area contributed by atoms with Crippen LogP contribution in [0.3, 0.4) is 0 Å². The molecule has 0 heterocycles. The molecule has 0 amide bonds. The molecule has 5 heteroatoms. The lowest BCUT2D eigenvalue weighted by Gasteiger charge is -2.16. The van der Waals surface area contributed by atoms with Gasteiger partial charge in [0.1, 0.15) is 12.4 Å². The molecule has 0 radical (unpaired) electrons. The van der Waals surface area contributed by atoms with E-state index >= 15 is 0 Å². The Morgan fingerprint density at radius 1 is 0.963 bits per heavy atom. The second kappa shape index (κ2) is 9.63. The molecule has 3 aromatic rings. The molecular formula is C22H20Br2ClNO. The Kier molecular flexibility index (Phi) is 7.22. The van der Waals surface area contributed by atoms with E-state index in [-0.39, 0.29) is 0 Å². The minimum absolute atomic E-state index is 0.482. The van der Waals surface area contributed by atoms with E-state index in [4.69, 9.17) is 16.3 Å². The standard InChI is InChI=1S/C22H20Br2ClNO/c1-2-16-5-3-4-6-21(16)26-13-17-11-18(23)12-20(24)22(17)27-14-15-7-9-19(25)10-8-15/h3-12,26H,2,13-14H2,1H3. The number of hydrogen-bond acceptors (Lipinski definition) is 2. The quantitative estimate of drug-likeness (QED) is 0.354. The van der Waals surface area contributed by atoms with Crippen LogP contribution in [0.15, 0.2) is 69.6 Å². The Labute approximate surface area is 182 Å². The van der Waals surface area contributed by atoms with Crippen LogP contribution in [0.4, 0.5) is 5.69 Å². The molecule has 0 atom stereocenters. The maximum Gasteiger partial charge on any atom is 0.139 e. The van der Waals surface area contributed by atoms with Gasteiger partial charge in [-0.2, -0.15) is 0 Å². The lowest BCUT2D eigenvalue weighted by atomic mass is 10.1. The minimum Gasteiger partial charge on any atom is -0.487 e. The fourth-order valence-corrected chi connectivity index (χ4v) is 4.39. The van der Waals surface area contributed by atoms with Crippen LogP contribution in [0, 0.1) is 0 Å². The van der Waals surface area contributed by atoms with Gasteiger partial charge in [-0.05, 0) is 63.8 Å². The number of hydrogen-bond donors (Lipinski definition) is 1. The first kappa shape index (κ1) is 20.2. The molecule has 0 saturated carbocycles. The molecule has 0 spiro atoms. The summed E-state index contributed by atoms with van der Waals surface area (Å²) in [6.45, 7) is 3.32. The van der Waals surface area contributed by atoms with Crippen molar-refractivity contribution in [3.8, 4) is 5.75 Å². The van der Waals surface area contributed by atoms with Gasteiger partial charge >= 0.3 is 0 Å². The molecule has 2 nitrogen and oxygen atoms in total. The Morgan fingerprint density at radius 3 is 2.44 bits per heavy atom. The highest BCUT2D eigenvalue weighted by molar-refractivity contribution is 9.11. The number of rotatable bonds is 7. The molecule has 0 aliphatic rings. The highest BCUT2D eigenvalue weighted by Crippen LogP contribution is 2.34. The molecule has 140 valence electrons. The third-order valence-corrected chi connectivity index (χ3v) is 5.55. The van der Waals surface area contributed by atoms with E-state index in [0.717, 1.165) is 43.0 Å². The molecule has 0 saturated heterocycles. The summed E-state index contributed by atoms with van der Waals surface area (Å²) in [5, 5.41) is 4.27. The van der Waals surface area contributed by atoms with Crippen molar-refractivity contribution in [1.29, 1.82) is 0 Å². The zero-order valence-electron chi connectivity index (χ0n) is 14.9. The molecule has 0 fully saturated rings. The molecular weight excluding hydrogens is 490 g/mol. The average Bonchev–Trinajstić information content (AvgIpc) is 2.67. The van der Waals surface area contributed by atoms with Gasteiger partial charge in [-0.25, -0.2) is 0 Å². The number of para-hydroxylation sites is 1. The van der Waals surface area contributed by atoms with Gasteiger partial charge in [0.25, 0.3) is 0 Å². The van der Waals surface area contributed by atoms with Gasteiger partial charge in [0.2, 0.25) is 0 Å². The van der Waals surface area contributed by atoms with E-state index in [1.54, 1.807) is 0 Å². The first-order valence-corrected chi connectivity index (χ1v) is 10.7. The summed E-state index contributed by atoms with van der Waals surface area (Å²) in [5.74, 6) is 0.842. The molecule has 27 heavy (non-hydrogen) atoms. The van der Waals surface area contributed by atoms with Crippen LogP contribution in [0.25, 0.3) is 0 Å². The number of halogens is 3. The van der Waals surface area contributed by atoms with Crippen LogP contribution in [-0.4, -0.2) is 0 Å². The van der Waals surface area contributed by atoms with Crippen molar-refractivity contribution in [1.82, 2.24) is 0 Å². The molecule has 0 bridgehead atoms. The Bertz CT molecular complexity index is 913. The summed E-state index contributed by atoms with van der Waals surface area (Å²) < 4.78 is 8.07. The Hall–Kier alpha value is -1.49. The summed E-state index contributed by atoms with van der Waals surface area (Å²) in [7, 11) is 0. The summed E-state index contributed by atoms with van der Waals surface area (Å²) in [5.41, 5.74) is 4.61. The largest absolute Gasteiger partial charge is 0.487 e. The number of nitrogens with one attached hydrogen (secondary N) is 1. The third-order valence-electron chi connectivity index (χ3n) is 4.25. The van der Waals surface area contributed by atoms with Crippen LogP contribution in [0.1, 0.15) is 23.6 Å². The summed E-state index contributed by atoms with van der Waals surface area (Å²) in [6, 6.07) is 20.2. The number of anilines is 1. The van der Waals surface area contributed by atoms with Crippen molar-refractivity contribution >= 4 is 49.1 Å². The van der Waals surface area contributed by atoms with E-state index in [1.165, 1.54) is 5.56 Å². The topological polar surface area (TPSA) is 21.3 Å². The lowest BCUT2D eigenvalue weighted by molar-refractivity contribution is 0.301. The van der Waals surface area contributed by atoms with Gasteiger partial charge in [-0.3, -0.25) is 0 Å². The molecule has 0 aliphatic heterocycles. The molecule has 1 N–H and O–H groups in total. The second-order valence-electron chi connectivity index (χ2n) is 6.16. The van der Waals surface area contributed by atoms with Crippen molar-refractivity contribution < 1.29 is 4.74 Å². The molecule has 0 aromatic heterocycles. The summed E-state index contributed by atoms with van der Waals surface area (Å²) in [4.78, 5) is 0. The highest BCUT2D eigenvalue weighted by atomic mass is 79.9. The normalized spacial score (nSPS) is 10.7. The smallest absolute Gasteiger partial charge is 0.139 e. The van der Waals surface area contributed by atoms with Crippen molar-refractivity contribution in [2.24, 2.45) is 0 Å². The van der Waals surface area contributed by atoms with Crippen LogP contribution in [0.2, 0.25) is 5.02 Å². The predicted molar refractivity (Wildman–Crippen MR) is 121 cm³/mol. The first-order chi connectivity index (χ1) is 13.1. The van der Waals surface area contributed by atoms with Crippen molar-refractivity contribution in [2.45, 2.75) is 26.5 Å². The van der Waals surface area contributed by atoms with Gasteiger partial charge in [-0.1, -0.05) is 64.8 Å². The van der Waals surface area contributed by atoms with E-state index in [0.29, 0.717) is 13.2 Å². The first-order valence-electron chi connectivity index (χ1n) is 8.73. The zero-order chi connectivity index (χ0) is 19.2. The van der Waals surface area contributed by atoms with Gasteiger partial charge in [0.05, 0.1) is 4.47 Å². The third kappa shape index (κ3) is 5.50. The van der Waals surface area contributed by atoms with Crippen molar-refractivity contribution in [3.63, 3.8) is 0 Å². The highest BCUT2D eigenvalue weighted by Gasteiger charge is 2.11. The summed E-state index contributed by atoms with van der Waals surface area (Å²) in [6.07, 6.45) is 0.991. The predicted octanol–water partition coefficient (Wildman–Crippen LogP) is 7.62. The van der Waals surface area contributed by atoms with Gasteiger partial charge in [0.15, 0.2) is 0 Å². The van der Waals surface area contributed by atoms with Gasteiger partial charge < -0.3 is 10.1 Å². The summed E-state index contributed by atoms with van der Waals surface area (Å²) >= 11 is 13.2. The molecule has 3 rings (SSSR count). The lowest BCUT2D eigenvalue weighted by Crippen LogP contribution is -2.06. The maximum absolute atomic E-state index is 6.14. The van der Waals surface area contributed by atoms with Crippen molar-refractivity contribution in [2.75, 3.05) is 5.32 Å². The molecule has 0 aliphatic carbocycles. The van der Waals surface area contributed by atoms with E-state index in [9.17, 15) is 0 Å². The second-order valence-corrected chi connectivity index (χ2v) is 8.36. The van der Waals surface area contributed by atoms with Crippen LogP contribution in [-0.2, 0) is 19.6 Å². The monoisotopic (exact) mass is 507 g/mol.